The molecule has 3 saturated heterocycles. The highest BCUT2D eigenvalue weighted by molar-refractivity contribution is 6.33. The van der Waals surface area contributed by atoms with Crippen LogP contribution in [0.5, 0.6) is 5.75 Å². The molecule has 2 bridgehead atoms. The number of hydrogen-bond acceptors (Lipinski definition) is 4. The molecule has 3 aliphatic rings. The number of rotatable bonds is 5. The van der Waals surface area contributed by atoms with Crippen molar-refractivity contribution in [1.82, 2.24) is 4.90 Å². The van der Waals surface area contributed by atoms with Crippen LogP contribution in [-0.2, 0) is 0 Å². The van der Waals surface area contributed by atoms with Gasteiger partial charge in [0.1, 0.15) is 11.9 Å². The Labute approximate surface area is 205 Å². The predicted molar refractivity (Wildman–Crippen MR) is 133 cm³/mol. The number of anilines is 1. The van der Waals surface area contributed by atoms with E-state index in [2.05, 4.69) is 26.8 Å². The van der Waals surface area contributed by atoms with Gasteiger partial charge in [0.25, 0.3) is 5.91 Å². The van der Waals surface area contributed by atoms with Crippen LogP contribution >= 0.6 is 11.6 Å². The number of fused-ring (bicyclic) bond motifs is 2. The summed E-state index contributed by atoms with van der Waals surface area (Å²) in [4.78, 5) is 21.2. The molecule has 0 aromatic heterocycles. The number of ether oxygens (including phenoxy) is 1. The van der Waals surface area contributed by atoms with Crippen LogP contribution in [0.3, 0.4) is 0 Å². The lowest BCUT2D eigenvalue weighted by Crippen LogP contribution is -2.49. The second kappa shape index (κ2) is 9.85. The van der Waals surface area contributed by atoms with Crippen LogP contribution < -0.4 is 9.64 Å². The number of aliphatic hydroxyl groups is 1. The Morgan fingerprint density at radius 2 is 1.74 bits per heavy atom. The summed E-state index contributed by atoms with van der Waals surface area (Å²) < 4.78 is 6.20. The third-order valence-corrected chi connectivity index (χ3v) is 7.92. The van der Waals surface area contributed by atoms with E-state index in [1.54, 1.807) is 18.2 Å². The van der Waals surface area contributed by atoms with Crippen molar-refractivity contribution in [3.05, 3.63) is 64.5 Å². The van der Waals surface area contributed by atoms with E-state index in [4.69, 9.17) is 22.9 Å². The summed E-state index contributed by atoms with van der Waals surface area (Å²) in [6.07, 6.45) is 5.68. The number of nitrogens with zero attached hydrogens (tertiary/aromatic N) is 3. The van der Waals surface area contributed by atoms with E-state index in [0.29, 0.717) is 22.4 Å². The topological polar surface area (TPSA) is 57.4 Å². The summed E-state index contributed by atoms with van der Waals surface area (Å²) in [5.41, 5.74) is 2.31. The number of carbonyl (C=O) groups excluding carboxylic acids is 1. The van der Waals surface area contributed by atoms with E-state index in [9.17, 15) is 9.90 Å². The summed E-state index contributed by atoms with van der Waals surface area (Å²) in [5, 5.41) is 9.76. The molecule has 0 radical (unpaired) electrons. The van der Waals surface area contributed by atoms with Gasteiger partial charge in [-0.1, -0.05) is 17.7 Å². The Morgan fingerprint density at radius 1 is 1.06 bits per heavy atom. The molecule has 0 aliphatic carbocycles. The number of hydrogen-bond donors (Lipinski definition) is 1. The van der Waals surface area contributed by atoms with Gasteiger partial charge in [0.2, 0.25) is 5.69 Å². The largest absolute Gasteiger partial charge is 0.490 e. The minimum atomic E-state index is 0.0423. The highest BCUT2D eigenvalue weighted by Crippen LogP contribution is 2.39. The summed E-state index contributed by atoms with van der Waals surface area (Å²) in [6, 6.07) is 13.6. The van der Waals surface area contributed by atoms with Crippen molar-refractivity contribution in [2.75, 3.05) is 24.6 Å². The maximum absolute atomic E-state index is 13.4. The molecule has 3 fully saturated rings. The monoisotopic (exact) mass is 479 g/mol. The van der Waals surface area contributed by atoms with Gasteiger partial charge in [0.05, 0.1) is 11.6 Å². The second-order valence-corrected chi connectivity index (χ2v) is 10.1. The van der Waals surface area contributed by atoms with Crippen molar-refractivity contribution in [2.24, 2.45) is 5.92 Å². The van der Waals surface area contributed by atoms with E-state index in [1.807, 2.05) is 12.1 Å². The van der Waals surface area contributed by atoms with Gasteiger partial charge in [0.15, 0.2) is 0 Å². The quantitative estimate of drug-likeness (QED) is 0.590. The van der Waals surface area contributed by atoms with Crippen molar-refractivity contribution in [3.8, 4) is 5.75 Å². The van der Waals surface area contributed by atoms with Crippen LogP contribution in [0, 0.1) is 12.5 Å². The van der Waals surface area contributed by atoms with Crippen LogP contribution in [0.25, 0.3) is 4.85 Å². The van der Waals surface area contributed by atoms with E-state index >= 15 is 0 Å². The molecule has 0 spiro atoms. The number of carbonyl (C=O) groups is 1. The molecule has 7 heteroatoms. The first-order chi connectivity index (χ1) is 16.6. The summed E-state index contributed by atoms with van der Waals surface area (Å²) in [6.45, 7) is 9.30. The first-order valence-corrected chi connectivity index (χ1v) is 12.6. The van der Waals surface area contributed by atoms with Gasteiger partial charge in [-0.25, -0.2) is 4.85 Å². The normalized spacial score (nSPS) is 24.7. The van der Waals surface area contributed by atoms with Gasteiger partial charge >= 0.3 is 0 Å². The van der Waals surface area contributed by atoms with Crippen LogP contribution in [0.15, 0.2) is 42.5 Å². The summed E-state index contributed by atoms with van der Waals surface area (Å²) >= 11 is 6.16. The zero-order valence-corrected chi connectivity index (χ0v) is 20.0. The molecule has 2 unspecified atom stereocenters. The fraction of sp³-hybridized carbons (Fsp3) is 0.481. The van der Waals surface area contributed by atoms with Gasteiger partial charge in [-0.3, -0.25) is 4.79 Å². The Bertz CT molecular complexity index is 1060. The Kier molecular flexibility index (Phi) is 6.67. The fourth-order valence-corrected chi connectivity index (χ4v) is 5.95. The summed E-state index contributed by atoms with van der Waals surface area (Å²) in [7, 11) is 0. The van der Waals surface area contributed by atoms with E-state index in [0.717, 1.165) is 62.9 Å². The molecule has 34 heavy (non-hydrogen) atoms. The molecule has 6 nitrogen and oxygen atoms in total. The van der Waals surface area contributed by atoms with Crippen LogP contribution in [0.4, 0.5) is 11.4 Å². The molecule has 178 valence electrons. The lowest BCUT2D eigenvalue weighted by atomic mass is 9.97. The van der Waals surface area contributed by atoms with Gasteiger partial charge in [-0.2, -0.15) is 0 Å². The highest BCUT2D eigenvalue weighted by Gasteiger charge is 2.44. The first-order valence-electron chi connectivity index (χ1n) is 12.2. The Morgan fingerprint density at radius 3 is 2.32 bits per heavy atom. The Hall–Kier alpha value is -2.75. The van der Waals surface area contributed by atoms with Gasteiger partial charge in [0, 0.05) is 55.9 Å². The standard InChI is InChI=1S/C27H30ClN3O3/c1-29-26-9-8-23(16-25(26)28)34-24-14-21-6-7-22(15-24)31(21)27(33)19-2-4-20(5-3-19)30-12-10-18(17-32)11-13-30/h2-5,8-9,16,18,21-22,24,32H,6-7,10-15,17H2. The van der Waals surface area contributed by atoms with Crippen LogP contribution in [0.1, 0.15) is 48.9 Å². The molecule has 2 aromatic carbocycles. The van der Waals surface area contributed by atoms with Crippen molar-refractivity contribution in [3.63, 3.8) is 0 Å². The third kappa shape index (κ3) is 4.60. The number of benzene rings is 2. The molecule has 1 N–H and O–H groups in total. The minimum absolute atomic E-state index is 0.0423. The van der Waals surface area contributed by atoms with Crippen molar-refractivity contribution in [2.45, 2.75) is 56.7 Å². The predicted octanol–water partition coefficient (Wildman–Crippen LogP) is 5.31. The maximum Gasteiger partial charge on any atom is 0.254 e. The Balaban J connectivity index is 1.21. The van der Waals surface area contributed by atoms with Crippen molar-refractivity contribution < 1.29 is 14.6 Å². The van der Waals surface area contributed by atoms with Crippen LogP contribution in [-0.4, -0.2) is 53.8 Å². The maximum atomic E-state index is 13.4. The molecular formula is C27H30ClN3O3. The molecule has 1 amide bonds. The zero-order chi connectivity index (χ0) is 23.7. The van der Waals surface area contributed by atoms with Crippen molar-refractivity contribution >= 4 is 28.9 Å². The summed E-state index contributed by atoms with van der Waals surface area (Å²) in [5.74, 6) is 1.20. The number of amides is 1. The minimum Gasteiger partial charge on any atom is -0.490 e. The molecule has 3 aliphatic heterocycles. The third-order valence-electron chi connectivity index (χ3n) is 7.62. The van der Waals surface area contributed by atoms with Crippen molar-refractivity contribution in [1.29, 1.82) is 0 Å². The molecule has 5 rings (SSSR count). The molecule has 2 aromatic rings. The number of piperidine rings is 2. The number of halogens is 1. The average molecular weight is 480 g/mol. The fourth-order valence-electron chi connectivity index (χ4n) is 5.74. The highest BCUT2D eigenvalue weighted by atomic mass is 35.5. The van der Waals surface area contributed by atoms with E-state index in [-0.39, 0.29) is 30.7 Å². The molecular weight excluding hydrogens is 450 g/mol. The first kappa shape index (κ1) is 23.0. The molecule has 2 atom stereocenters. The molecule has 3 heterocycles. The van der Waals surface area contributed by atoms with Gasteiger partial charge < -0.3 is 19.6 Å². The SMILES string of the molecule is [C-]#[N+]c1ccc(OC2CC3CCC(C2)N3C(=O)c2ccc(N3CCC(CO)CC3)cc2)cc1Cl. The van der Waals surface area contributed by atoms with Gasteiger partial charge in [-0.15, -0.1) is 0 Å². The van der Waals surface area contributed by atoms with E-state index < -0.39 is 0 Å². The van der Waals surface area contributed by atoms with Crippen LogP contribution in [0.2, 0.25) is 5.02 Å². The smallest absolute Gasteiger partial charge is 0.254 e. The lowest BCUT2D eigenvalue weighted by Gasteiger charge is -2.39. The second-order valence-electron chi connectivity index (χ2n) is 9.69. The zero-order valence-electron chi connectivity index (χ0n) is 19.2. The average Bonchev–Trinajstić information content (AvgIpc) is 3.14. The van der Waals surface area contributed by atoms with E-state index in [1.165, 1.54) is 0 Å². The van der Waals surface area contributed by atoms with Gasteiger partial charge in [-0.05, 0) is 68.0 Å². The lowest BCUT2D eigenvalue weighted by molar-refractivity contribution is 0.0359. The molecule has 0 saturated carbocycles. The number of aliphatic hydroxyl groups excluding tert-OH is 1.